The van der Waals surface area contributed by atoms with Gasteiger partial charge in [-0.05, 0) is 37.5 Å². The van der Waals surface area contributed by atoms with E-state index in [1.54, 1.807) is 22.9 Å². The molecule has 0 saturated carbocycles. The third-order valence-corrected chi connectivity index (χ3v) is 3.47. The SMILES string of the molecule is N#Cc1ccc2c(c1)c(C(=O)O)nn2C1CCCCO1. The van der Waals surface area contributed by atoms with Crippen LogP contribution in [0.5, 0.6) is 0 Å². The molecule has 2 aromatic rings. The predicted molar refractivity (Wildman–Crippen MR) is 70.2 cm³/mol. The summed E-state index contributed by atoms with van der Waals surface area (Å²) in [6, 6.07) is 6.96. The number of nitrogens with zero attached hydrogens (tertiary/aromatic N) is 3. The van der Waals surface area contributed by atoms with E-state index in [0.717, 1.165) is 19.3 Å². The van der Waals surface area contributed by atoms with Crippen molar-refractivity contribution in [1.29, 1.82) is 5.26 Å². The van der Waals surface area contributed by atoms with Gasteiger partial charge in [-0.15, -0.1) is 0 Å². The van der Waals surface area contributed by atoms with E-state index < -0.39 is 5.97 Å². The second-order valence-electron chi connectivity index (χ2n) is 4.76. The highest BCUT2D eigenvalue weighted by atomic mass is 16.5. The maximum Gasteiger partial charge on any atom is 0.357 e. The highest BCUT2D eigenvalue weighted by Crippen LogP contribution is 2.28. The Kier molecular flexibility index (Phi) is 3.12. The summed E-state index contributed by atoms with van der Waals surface area (Å²) in [7, 11) is 0. The highest BCUT2D eigenvalue weighted by Gasteiger charge is 2.23. The van der Waals surface area contributed by atoms with Gasteiger partial charge in [0.2, 0.25) is 0 Å². The molecular formula is C14H13N3O3. The fourth-order valence-corrected chi connectivity index (χ4v) is 2.50. The molecule has 0 amide bonds. The predicted octanol–water partition coefficient (Wildman–Crippen LogP) is 2.31. The minimum Gasteiger partial charge on any atom is -0.476 e. The van der Waals surface area contributed by atoms with E-state index in [1.165, 1.54) is 0 Å². The van der Waals surface area contributed by atoms with Gasteiger partial charge in [0.05, 0.1) is 17.1 Å². The van der Waals surface area contributed by atoms with E-state index in [-0.39, 0.29) is 11.9 Å². The molecule has 3 rings (SSSR count). The fourth-order valence-electron chi connectivity index (χ4n) is 2.50. The van der Waals surface area contributed by atoms with Crippen LogP contribution in [0.3, 0.4) is 0 Å². The van der Waals surface area contributed by atoms with Crippen molar-refractivity contribution in [1.82, 2.24) is 9.78 Å². The topological polar surface area (TPSA) is 88.1 Å². The van der Waals surface area contributed by atoms with Crippen molar-refractivity contribution in [3.05, 3.63) is 29.5 Å². The molecule has 0 radical (unpaired) electrons. The number of hydrogen-bond donors (Lipinski definition) is 1. The van der Waals surface area contributed by atoms with Crippen LogP contribution in [-0.2, 0) is 4.74 Å². The normalized spacial score (nSPS) is 18.9. The van der Waals surface area contributed by atoms with Crippen LogP contribution in [-0.4, -0.2) is 27.5 Å². The summed E-state index contributed by atoms with van der Waals surface area (Å²) in [5.41, 5.74) is 1.07. The van der Waals surface area contributed by atoms with Crippen LogP contribution in [0.25, 0.3) is 10.9 Å². The van der Waals surface area contributed by atoms with Crippen molar-refractivity contribution in [2.24, 2.45) is 0 Å². The molecule has 1 aromatic carbocycles. The lowest BCUT2D eigenvalue weighted by atomic mass is 10.1. The number of carboxylic acid groups (broad SMARTS) is 1. The zero-order valence-corrected chi connectivity index (χ0v) is 10.7. The fraction of sp³-hybridized carbons (Fsp3) is 0.357. The summed E-state index contributed by atoms with van der Waals surface area (Å²) < 4.78 is 7.29. The zero-order chi connectivity index (χ0) is 14.1. The largest absolute Gasteiger partial charge is 0.476 e. The summed E-state index contributed by atoms with van der Waals surface area (Å²) in [6.45, 7) is 0.657. The van der Waals surface area contributed by atoms with Gasteiger partial charge in [-0.2, -0.15) is 10.4 Å². The Labute approximate surface area is 115 Å². The zero-order valence-electron chi connectivity index (χ0n) is 10.7. The Morgan fingerprint density at radius 3 is 3.00 bits per heavy atom. The lowest BCUT2D eigenvalue weighted by Crippen LogP contribution is -2.19. The summed E-state index contributed by atoms with van der Waals surface area (Å²) in [6.07, 6.45) is 2.63. The number of hydrogen-bond acceptors (Lipinski definition) is 4. The van der Waals surface area contributed by atoms with Crippen LogP contribution in [0.4, 0.5) is 0 Å². The third kappa shape index (κ3) is 2.02. The number of aromatic carboxylic acids is 1. The van der Waals surface area contributed by atoms with Gasteiger partial charge < -0.3 is 9.84 Å². The number of carbonyl (C=O) groups is 1. The Hall–Kier alpha value is -2.39. The Morgan fingerprint density at radius 1 is 1.50 bits per heavy atom. The maximum atomic E-state index is 11.3. The molecule has 6 heteroatoms. The molecule has 1 saturated heterocycles. The van der Waals surface area contributed by atoms with Gasteiger partial charge in [-0.3, -0.25) is 0 Å². The van der Waals surface area contributed by atoms with Gasteiger partial charge in [0.1, 0.15) is 0 Å². The van der Waals surface area contributed by atoms with Gasteiger partial charge in [0.15, 0.2) is 11.9 Å². The van der Waals surface area contributed by atoms with Gasteiger partial charge in [-0.1, -0.05) is 0 Å². The highest BCUT2D eigenvalue weighted by molar-refractivity contribution is 6.01. The molecule has 6 nitrogen and oxygen atoms in total. The number of aromatic nitrogens is 2. The summed E-state index contributed by atoms with van der Waals surface area (Å²) >= 11 is 0. The van der Waals surface area contributed by atoms with Crippen molar-refractivity contribution >= 4 is 16.9 Å². The molecule has 1 aliphatic heterocycles. The standard InChI is InChI=1S/C14H13N3O3/c15-8-9-4-5-11-10(7-9)13(14(18)19)16-17(11)12-3-1-2-6-20-12/h4-5,7,12H,1-3,6H2,(H,18,19). The van der Waals surface area contributed by atoms with E-state index in [1.807, 2.05) is 6.07 Å². The number of fused-ring (bicyclic) bond motifs is 1. The van der Waals surface area contributed by atoms with Gasteiger partial charge in [0.25, 0.3) is 0 Å². The molecule has 1 fully saturated rings. The number of nitriles is 1. The quantitative estimate of drug-likeness (QED) is 0.905. The average molecular weight is 271 g/mol. The Bertz CT molecular complexity index is 708. The Morgan fingerprint density at radius 2 is 2.35 bits per heavy atom. The van der Waals surface area contributed by atoms with Crippen molar-refractivity contribution in [2.45, 2.75) is 25.5 Å². The van der Waals surface area contributed by atoms with E-state index in [9.17, 15) is 9.90 Å². The lowest BCUT2D eigenvalue weighted by molar-refractivity contribution is -0.0368. The second kappa shape index (κ2) is 4.94. The smallest absolute Gasteiger partial charge is 0.357 e. The van der Waals surface area contributed by atoms with E-state index >= 15 is 0 Å². The minimum absolute atomic E-state index is 0.0359. The monoisotopic (exact) mass is 271 g/mol. The van der Waals surface area contributed by atoms with Crippen molar-refractivity contribution in [2.75, 3.05) is 6.61 Å². The van der Waals surface area contributed by atoms with Crippen LogP contribution < -0.4 is 0 Å². The van der Waals surface area contributed by atoms with Crippen LogP contribution in [0.2, 0.25) is 0 Å². The van der Waals surface area contributed by atoms with Crippen molar-refractivity contribution in [3.63, 3.8) is 0 Å². The summed E-state index contributed by atoms with van der Waals surface area (Å²) in [5.74, 6) is -1.10. The molecule has 1 aromatic heterocycles. The van der Waals surface area contributed by atoms with Gasteiger partial charge in [-0.25, -0.2) is 9.48 Å². The first-order valence-corrected chi connectivity index (χ1v) is 6.48. The molecule has 0 aliphatic carbocycles. The average Bonchev–Trinajstić information content (AvgIpc) is 2.87. The van der Waals surface area contributed by atoms with Gasteiger partial charge >= 0.3 is 5.97 Å². The number of ether oxygens (including phenoxy) is 1. The van der Waals surface area contributed by atoms with E-state index in [2.05, 4.69) is 5.10 Å². The minimum atomic E-state index is -1.10. The number of carboxylic acids is 1. The molecule has 102 valence electrons. The molecular weight excluding hydrogens is 258 g/mol. The van der Waals surface area contributed by atoms with Crippen LogP contribution in [0, 0.1) is 11.3 Å². The molecule has 1 unspecified atom stereocenters. The van der Waals surface area contributed by atoms with Crippen LogP contribution in [0.15, 0.2) is 18.2 Å². The summed E-state index contributed by atoms with van der Waals surface area (Å²) in [4.78, 5) is 11.3. The third-order valence-electron chi connectivity index (χ3n) is 3.47. The van der Waals surface area contributed by atoms with Crippen molar-refractivity contribution < 1.29 is 14.6 Å². The number of rotatable bonds is 2. The Balaban J connectivity index is 2.17. The van der Waals surface area contributed by atoms with Crippen LogP contribution in [0.1, 0.15) is 41.5 Å². The molecule has 0 spiro atoms. The molecule has 0 bridgehead atoms. The van der Waals surface area contributed by atoms with Crippen molar-refractivity contribution in [3.8, 4) is 6.07 Å². The van der Waals surface area contributed by atoms with Crippen LogP contribution >= 0.6 is 0 Å². The molecule has 1 N–H and O–H groups in total. The molecule has 1 aliphatic rings. The first-order valence-electron chi connectivity index (χ1n) is 6.48. The van der Waals surface area contributed by atoms with E-state index in [4.69, 9.17) is 10.00 Å². The molecule has 1 atom stereocenters. The maximum absolute atomic E-state index is 11.3. The van der Waals surface area contributed by atoms with Gasteiger partial charge in [0, 0.05) is 12.0 Å². The molecule has 20 heavy (non-hydrogen) atoms. The van der Waals surface area contributed by atoms with E-state index in [0.29, 0.717) is 23.1 Å². The second-order valence-corrected chi connectivity index (χ2v) is 4.76. The number of benzene rings is 1. The first kappa shape index (κ1) is 12.6. The molecule has 2 heterocycles. The first-order chi connectivity index (χ1) is 9.70. The summed E-state index contributed by atoms with van der Waals surface area (Å²) in [5, 5.41) is 22.8. The lowest BCUT2D eigenvalue weighted by Gasteiger charge is -2.23.